The van der Waals surface area contributed by atoms with Gasteiger partial charge in [0.15, 0.2) is 9.84 Å². The molecule has 108 valence electrons. The van der Waals surface area contributed by atoms with E-state index in [1.807, 2.05) is 6.92 Å². The molecule has 0 aliphatic carbocycles. The summed E-state index contributed by atoms with van der Waals surface area (Å²) in [5.74, 6) is 0. The van der Waals surface area contributed by atoms with E-state index >= 15 is 0 Å². The molecule has 2 rings (SSSR count). The first-order valence-corrected chi connectivity index (χ1v) is 7.74. The number of hydrogen-bond acceptors (Lipinski definition) is 4. The largest absolute Gasteiger partial charge is 0.352 e. The molecule has 1 aromatic rings. The molecule has 3 N–H and O–H groups in total. The van der Waals surface area contributed by atoms with Crippen LogP contribution in [-0.2, 0) is 9.84 Å². The van der Waals surface area contributed by atoms with Crippen molar-refractivity contribution in [1.29, 1.82) is 0 Å². The van der Waals surface area contributed by atoms with E-state index in [0.717, 1.165) is 5.56 Å². The number of rotatable bonds is 3. The van der Waals surface area contributed by atoms with Gasteiger partial charge in [-0.2, -0.15) is 0 Å². The lowest BCUT2D eigenvalue weighted by Gasteiger charge is -2.20. The molecule has 2 amide bonds. The van der Waals surface area contributed by atoms with Crippen molar-refractivity contribution in [3.8, 4) is 0 Å². The standard InChI is InChI=1S/C13H17N3O3S/c1-8-3-5-10(6-4-8)20(18,19)12-9(2)15-7-11(12)16-13(14)17/h3-6,11-12H,7H2,1-2H3,(H3,14,16,17). The minimum atomic E-state index is -3.60. The van der Waals surface area contributed by atoms with Crippen LogP contribution < -0.4 is 11.1 Å². The maximum absolute atomic E-state index is 12.7. The molecular formula is C13H17N3O3S. The fraction of sp³-hybridized carbons (Fsp3) is 0.385. The molecule has 0 saturated carbocycles. The second-order valence-electron chi connectivity index (χ2n) is 4.88. The molecule has 1 aromatic carbocycles. The lowest BCUT2D eigenvalue weighted by Crippen LogP contribution is -2.49. The number of aliphatic imine (C=N–C) groups is 1. The number of carbonyl (C=O) groups excluding carboxylic acids is 1. The van der Waals surface area contributed by atoms with E-state index < -0.39 is 27.2 Å². The predicted octanol–water partition coefficient (Wildman–Crippen LogP) is 0.649. The molecule has 6 nitrogen and oxygen atoms in total. The molecule has 0 fully saturated rings. The highest BCUT2D eigenvalue weighted by Gasteiger charge is 2.40. The fourth-order valence-corrected chi connectivity index (χ4v) is 4.26. The highest BCUT2D eigenvalue weighted by atomic mass is 32.2. The number of hydrogen-bond donors (Lipinski definition) is 2. The lowest BCUT2D eigenvalue weighted by molar-refractivity contribution is 0.246. The summed E-state index contributed by atoms with van der Waals surface area (Å²) in [7, 11) is -3.60. The van der Waals surface area contributed by atoms with Crippen LogP contribution in [0.4, 0.5) is 4.79 Å². The van der Waals surface area contributed by atoms with E-state index in [-0.39, 0.29) is 11.4 Å². The smallest absolute Gasteiger partial charge is 0.312 e. The van der Waals surface area contributed by atoms with Crippen LogP contribution in [0.2, 0.25) is 0 Å². The average molecular weight is 295 g/mol. The van der Waals surface area contributed by atoms with Crippen LogP contribution in [0.5, 0.6) is 0 Å². The maximum Gasteiger partial charge on any atom is 0.312 e. The first kappa shape index (κ1) is 14.5. The molecular weight excluding hydrogens is 278 g/mol. The van der Waals surface area contributed by atoms with Gasteiger partial charge >= 0.3 is 6.03 Å². The summed E-state index contributed by atoms with van der Waals surface area (Å²) in [6.45, 7) is 3.76. The summed E-state index contributed by atoms with van der Waals surface area (Å²) in [5.41, 5.74) is 6.56. The van der Waals surface area contributed by atoms with Crippen molar-refractivity contribution in [1.82, 2.24) is 5.32 Å². The number of aryl methyl sites for hydroxylation is 1. The van der Waals surface area contributed by atoms with Crippen LogP contribution in [0, 0.1) is 6.92 Å². The number of nitrogens with zero attached hydrogens (tertiary/aromatic N) is 1. The summed E-state index contributed by atoms with van der Waals surface area (Å²) < 4.78 is 25.4. The topological polar surface area (TPSA) is 102 Å². The molecule has 1 aliphatic rings. The number of benzene rings is 1. The van der Waals surface area contributed by atoms with Crippen LogP contribution in [0.15, 0.2) is 34.2 Å². The molecule has 0 bridgehead atoms. The normalized spacial score (nSPS) is 22.4. The number of sulfone groups is 1. The first-order valence-electron chi connectivity index (χ1n) is 6.20. The molecule has 20 heavy (non-hydrogen) atoms. The number of primary amides is 1. The van der Waals surface area contributed by atoms with Crippen molar-refractivity contribution in [2.45, 2.75) is 30.0 Å². The van der Waals surface area contributed by atoms with Gasteiger partial charge in [-0.15, -0.1) is 0 Å². The van der Waals surface area contributed by atoms with E-state index in [4.69, 9.17) is 5.73 Å². The molecule has 1 aliphatic heterocycles. The van der Waals surface area contributed by atoms with E-state index in [1.54, 1.807) is 31.2 Å². The van der Waals surface area contributed by atoms with Crippen molar-refractivity contribution >= 4 is 21.6 Å². The SMILES string of the molecule is CC1=NCC(NC(N)=O)C1S(=O)(=O)c1ccc(C)cc1. The Morgan fingerprint density at radius 1 is 1.30 bits per heavy atom. The summed E-state index contributed by atoms with van der Waals surface area (Å²) >= 11 is 0. The highest BCUT2D eigenvalue weighted by Crippen LogP contribution is 2.24. The van der Waals surface area contributed by atoms with E-state index in [9.17, 15) is 13.2 Å². The third kappa shape index (κ3) is 2.67. The van der Waals surface area contributed by atoms with Crippen LogP contribution >= 0.6 is 0 Å². The van der Waals surface area contributed by atoms with Gasteiger partial charge in [-0.25, -0.2) is 13.2 Å². The third-order valence-electron chi connectivity index (χ3n) is 3.33. The summed E-state index contributed by atoms with van der Waals surface area (Å²) in [6.07, 6.45) is 0. The number of amides is 2. The summed E-state index contributed by atoms with van der Waals surface area (Å²) in [5, 5.41) is 1.59. The van der Waals surface area contributed by atoms with Crippen LogP contribution in [0.3, 0.4) is 0 Å². The monoisotopic (exact) mass is 295 g/mol. The third-order valence-corrected chi connectivity index (χ3v) is 5.59. The second kappa shape index (κ2) is 5.24. The minimum Gasteiger partial charge on any atom is -0.352 e. The molecule has 7 heteroatoms. The van der Waals surface area contributed by atoms with Crippen LogP contribution in [0.25, 0.3) is 0 Å². The van der Waals surface area contributed by atoms with Crippen molar-refractivity contribution < 1.29 is 13.2 Å². The Labute approximate surface area is 118 Å². The first-order chi connectivity index (χ1) is 9.32. The van der Waals surface area contributed by atoms with Crippen LogP contribution in [0.1, 0.15) is 12.5 Å². The predicted molar refractivity (Wildman–Crippen MR) is 76.6 cm³/mol. The van der Waals surface area contributed by atoms with E-state index in [0.29, 0.717) is 5.71 Å². The summed E-state index contributed by atoms with van der Waals surface area (Å²) in [6, 6.07) is 5.26. The number of urea groups is 1. The molecule has 2 unspecified atom stereocenters. The average Bonchev–Trinajstić information content (AvgIpc) is 2.70. The quantitative estimate of drug-likeness (QED) is 0.855. The minimum absolute atomic E-state index is 0.223. The number of nitrogens with two attached hydrogens (primary N) is 1. The van der Waals surface area contributed by atoms with E-state index in [2.05, 4.69) is 10.3 Å². The van der Waals surface area contributed by atoms with Crippen molar-refractivity contribution in [2.75, 3.05) is 6.54 Å². The highest BCUT2D eigenvalue weighted by molar-refractivity contribution is 7.93. The Bertz CT molecular complexity index is 650. The molecule has 0 aromatic heterocycles. The van der Waals surface area contributed by atoms with Gasteiger partial charge in [0.1, 0.15) is 5.25 Å². The van der Waals surface area contributed by atoms with Gasteiger partial charge in [0.2, 0.25) is 0 Å². The molecule has 0 radical (unpaired) electrons. The Morgan fingerprint density at radius 2 is 1.90 bits per heavy atom. The van der Waals surface area contributed by atoms with E-state index in [1.165, 1.54) is 0 Å². The van der Waals surface area contributed by atoms with Gasteiger partial charge in [-0.05, 0) is 26.0 Å². The van der Waals surface area contributed by atoms with Gasteiger partial charge in [0.05, 0.1) is 17.5 Å². The summed E-state index contributed by atoms with van der Waals surface area (Å²) in [4.78, 5) is 15.3. The van der Waals surface area contributed by atoms with Crippen molar-refractivity contribution in [3.63, 3.8) is 0 Å². The zero-order valence-electron chi connectivity index (χ0n) is 11.3. The van der Waals surface area contributed by atoms with Gasteiger partial charge in [-0.3, -0.25) is 4.99 Å². The van der Waals surface area contributed by atoms with Gasteiger partial charge in [-0.1, -0.05) is 17.7 Å². The maximum atomic E-state index is 12.7. The molecule has 1 heterocycles. The number of nitrogens with one attached hydrogen (secondary N) is 1. The Balaban J connectivity index is 2.38. The zero-order valence-corrected chi connectivity index (χ0v) is 12.1. The Hall–Kier alpha value is -1.89. The Morgan fingerprint density at radius 3 is 2.45 bits per heavy atom. The fourth-order valence-electron chi connectivity index (χ4n) is 2.34. The number of carbonyl (C=O) groups is 1. The lowest BCUT2D eigenvalue weighted by atomic mass is 10.2. The van der Waals surface area contributed by atoms with Crippen molar-refractivity contribution in [2.24, 2.45) is 10.7 Å². The molecule has 0 saturated heterocycles. The zero-order chi connectivity index (χ0) is 14.9. The second-order valence-corrected chi connectivity index (χ2v) is 6.95. The molecule has 2 atom stereocenters. The van der Waals surface area contributed by atoms with Crippen molar-refractivity contribution in [3.05, 3.63) is 29.8 Å². The van der Waals surface area contributed by atoms with Crippen LogP contribution in [-0.4, -0.2) is 38.0 Å². The Kier molecular flexibility index (Phi) is 3.80. The van der Waals surface area contributed by atoms with Gasteiger partial charge in [0, 0.05) is 5.71 Å². The van der Waals surface area contributed by atoms with Gasteiger partial charge < -0.3 is 11.1 Å². The molecule has 0 spiro atoms. The van der Waals surface area contributed by atoms with Gasteiger partial charge in [0.25, 0.3) is 0 Å².